The second-order valence-corrected chi connectivity index (χ2v) is 4.23. The average molecular weight is 278 g/mol. The van der Waals surface area contributed by atoms with Gasteiger partial charge in [0.15, 0.2) is 11.6 Å². The molecule has 0 bridgehead atoms. The van der Waals surface area contributed by atoms with Crippen LogP contribution < -0.4 is 0 Å². The summed E-state index contributed by atoms with van der Waals surface area (Å²) in [6, 6.07) is 2.30. The fraction of sp³-hybridized carbons (Fsp3) is 0.300. The van der Waals surface area contributed by atoms with Crippen LogP contribution in [0.2, 0.25) is 0 Å². The summed E-state index contributed by atoms with van der Waals surface area (Å²) >= 11 is 2.91. The van der Waals surface area contributed by atoms with Crippen LogP contribution in [0.1, 0.15) is 10.4 Å². The largest absolute Gasteiger partial charge is 0.302 e. The lowest BCUT2D eigenvalue weighted by atomic mass is 10.1. The van der Waals surface area contributed by atoms with E-state index >= 15 is 0 Å². The van der Waals surface area contributed by atoms with Crippen LogP contribution in [0.4, 0.5) is 8.78 Å². The van der Waals surface area contributed by atoms with Gasteiger partial charge in [-0.3, -0.25) is 4.79 Å². The van der Waals surface area contributed by atoms with Crippen LogP contribution >= 0.6 is 15.9 Å². The van der Waals surface area contributed by atoms with E-state index in [-0.39, 0.29) is 11.0 Å². The molecule has 0 aliphatic carbocycles. The second kappa shape index (κ2) is 4.81. The highest BCUT2D eigenvalue weighted by Crippen LogP contribution is 2.21. The molecule has 0 aliphatic rings. The molecule has 0 saturated carbocycles. The Morgan fingerprint density at radius 2 is 2.00 bits per heavy atom. The number of carbonyl (C=O) groups excluding carboxylic acids is 1. The summed E-state index contributed by atoms with van der Waals surface area (Å²) in [4.78, 5) is 13.1. The van der Waals surface area contributed by atoms with E-state index in [1.165, 1.54) is 6.07 Å². The Morgan fingerprint density at radius 3 is 2.53 bits per heavy atom. The topological polar surface area (TPSA) is 20.3 Å². The third-order valence-electron chi connectivity index (χ3n) is 1.78. The van der Waals surface area contributed by atoms with Crippen molar-refractivity contribution in [1.82, 2.24) is 4.90 Å². The quantitative estimate of drug-likeness (QED) is 0.625. The molecular formula is C10H10BrF2NO. The number of Topliss-reactive ketones (excluding diaryl/α,β-unsaturated/α-hetero) is 1. The molecule has 0 heterocycles. The highest BCUT2D eigenvalue weighted by Gasteiger charge is 2.19. The first-order valence-electron chi connectivity index (χ1n) is 4.25. The van der Waals surface area contributed by atoms with Gasteiger partial charge in [0.05, 0.1) is 16.6 Å². The molecular weight excluding hydrogens is 268 g/mol. The smallest absolute Gasteiger partial charge is 0.182 e. The highest BCUT2D eigenvalue weighted by atomic mass is 79.9. The maximum Gasteiger partial charge on any atom is 0.182 e. The number of carbonyl (C=O) groups is 1. The molecule has 0 N–H and O–H groups in total. The molecule has 5 heteroatoms. The summed E-state index contributed by atoms with van der Waals surface area (Å²) in [7, 11) is 3.32. The zero-order valence-corrected chi connectivity index (χ0v) is 9.94. The SMILES string of the molecule is CN(C)CC(=O)c1c(F)ccc(Br)c1F. The lowest BCUT2D eigenvalue weighted by Gasteiger charge is -2.10. The van der Waals surface area contributed by atoms with Crippen LogP contribution in [0.15, 0.2) is 16.6 Å². The molecule has 2 nitrogen and oxygen atoms in total. The number of halogens is 3. The summed E-state index contributed by atoms with van der Waals surface area (Å²) in [5.74, 6) is -2.25. The highest BCUT2D eigenvalue weighted by molar-refractivity contribution is 9.10. The fourth-order valence-electron chi connectivity index (χ4n) is 1.15. The molecule has 1 rings (SSSR count). The Kier molecular flexibility index (Phi) is 3.93. The van der Waals surface area contributed by atoms with Gasteiger partial charge in [-0.25, -0.2) is 8.78 Å². The van der Waals surface area contributed by atoms with Gasteiger partial charge in [0.2, 0.25) is 0 Å². The first kappa shape index (κ1) is 12.3. The van der Waals surface area contributed by atoms with E-state index in [9.17, 15) is 13.6 Å². The molecule has 0 spiro atoms. The predicted molar refractivity (Wildman–Crippen MR) is 56.9 cm³/mol. The van der Waals surface area contributed by atoms with Crippen LogP contribution in [0.5, 0.6) is 0 Å². The number of ketones is 1. The third kappa shape index (κ3) is 2.82. The van der Waals surface area contributed by atoms with Crippen molar-refractivity contribution in [3.05, 3.63) is 33.8 Å². The molecule has 0 unspecified atom stereocenters. The van der Waals surface area contributed by atoms with Gasteiger partial charge in [-0.05, 0) is 42.2 Å². The number of benzene rings is 1. The molecule has 0 aromatic heterocycles. The van der Waals surface area contributed by atoms with Crippen LogP contribution in [0, 0.1) is 11.6 Å². The first-order chi connectivity index (χ1) is 6.93. The Bertz CT molecular complexity index is 393. The zero-order chi connectivity index (χ0) is 11.6. The molecule has 0 aliphatic heterocycles. The molecule has 0 fully saturated rings. The maximum atomic E-state index is 13.4. The summed E-state index contributed by atoms with van der Waals surface area (Å²) in [5, 5.41) is 0. The molecule has 15 heavy (non-hydrogen) atoms. The number of hydrogen-bond donors (Lipinski definition) is 0. The van der Waals surface area contributed by atoms with Crippen LogP contribution in [0.3, 0.4) is 0 Å². The summed E-state index contributed by atoms with van der Waals surface area (Å²) in [6.45, 7) is -0.0235. The molecule has 0 saturated heterocycles. The normalized spacial score (nSPS) is 10.8. The van der Waals surface area contributed by atoms with Gasteiger partial charge < -0.3 is 4.90 Å². The standard InChI is InChI=1S/C10H10BrF2NO/c1-14(2)5-8(15)9-7(12)4-3-6(11)10(9)13/h3-4H,5H2,1-2H3. The Balaban J connectivity index is 3.13. The fourth-order valence-corrected chi connectivity index (χ4v) is 1.48. The Labute approximate surface area is 95.0 Å². The van der Waals surface area contributed by atoms with Crippen molar-refractivity contribution < 1.29 is 13.6 Å². The molecule has 82 valence electrons. The minimum absolute atomic E-state index is 0.0235. The molecule has 0 atom stereocenters. The van der Waals surface area contributed by atoms with Gasteiger partial charge in [0, 0.05) is 0 Å². The molecule has 1 aromatic carbocycles. The van der Waals surface area contributed by atoms with Gasteiger partial charge in [-0.2, -0.15) is 0 Å². The molecule has 0 radical (unpaired) electrons. The van der Waals surface area contributed by atoms with E-state index in [0.717, 1.165) is 6.07 Å². The Hall–Kier alpha value is -0.810. The lowest BCUT2D eigenvalue weighted by molar-refractivity contribution is 0.0949. The van der Waals surface area contributed by atoms with E-state index in [1.807, 2.05) is 0 Å². The van der Waals surface area contributed by atoms with Crippen LogP contribution in [0.25, 0.3) is 0 Å². The van der Waals surface area contributed by atoms with Gasteiger partial charge in [-0.15, -0.1) is 0 Å². The minimum Gasteiger partial charge on any atom is -0.302 e. The third-order valence-corrected chi connectivity index (χ3v) is 2.40. The first-order valence-corrected chi connectivity index (χ1v) is 5.04. The van der Waals surface area contributed by atoms with Crippen molar-refractivity contribution in [1.29, 1.82) is 0 Å². The predicted octanol–water partition coefficient (Wildman–Crippen LogP) is 2.47. The van der Waals surface area contributed by atoms with E-state index in [1.54, 1.807) is 19.0 Å². The van der Waals surface area contributed by atoms with Gasteiger partial charge in [0.1, 0.15) is 5.82 Å². The minimum atomic E-state index is -0.846. The number of rotatable bonds is 3. The van der Waals surface area contributed by atoms with Crippen molar-refractivity contribution in [3.8, 4) is 0 Å². The van der Waals surface area contributed by atoms with Crippen molar-refractivity contribution in [2.45, 2.75) is 0 Å². The van der Waals surface area contributed by atoms with Crippen molar-refractivity contribution in [2.24, 2.45) is 0 Å². The van der Waals surface area contributed by atoms with Crippen LogP contribution in [-0.4, -0.2) is 31.3 Å². The number of likely N-dealkylation sites (N-methyl/N-ethyl adjacent to an activating group) is 1. The van der Waals surface area contributed by atoms with Crippen molar-refractivity contribution in [2.75, 3.05) is 20.6 Å². The monoisotopic (exact) mass is 277 g/mol. The summed E-state index contributed by atoms with van der Waals surface area (Å²) in [6.07, 6.45) is 0. The summed E-state index contributed by atoms with van der Waals surface area (Å²) < 4.78 is 26.8. The van der Waals surface area contributed by atoms with Gasteiger partial charge in [0.25, 0.3) is 0 Å². The maximum absolute atomic E-state index is 13.4. The van der Waals surface area contributed by atoms with E-state index in [2.05, 4.69) is 15.9 Å². The van der Waals surface area contributed by atoms with Gasteiger partial charge >= 0.3 is 0 Å². The zero-order valence-electron chi connectivity index (χ0n) is 8.35. The molecule has 0 amide bonds. The summed E-state index contributed by atoms with van der Waals surface area (Å²) in [5.41, 5.74) is -0.488. The average Bonchev–Trinajstić information content (AvgIpc) is 2.11. The van der Waals surface area contributed by atoms with Crippen molar-refractivity contribution >= 4 is 21.7 Å². The van der Waals surface area contributed by atoms with Gasteiger partial charge in [-0.1, -0.05) is 0 Å². The number of hydrogen-bond acceptors (Lipinski definition) is 2. The van der Waals surface area contributed by atoms with E-state index in [0.29, 0.717) is 0 Å². The van der Waals surface area contributed by atoms with E-state index in [4.69, 9.17) is 0 Å². The van der Waals surface area contributed by atoms with Crippen LogP contribution in [-0.2, 0) is 0 Å². The second-order valence-electron chi connectivity index (χ2n) is 3.38. The van der Waals surface area contributed by atoms with E-state index < -0.39 is 23.0 Å². The van der Waals surface area contributed by atoms with Crippen molar-refractivity contribution in [3.63, 3.8) is 0 Å². The number of nitrogens with zero attached hydrogens (tertiary/aromatic N) is 1. The molecule has 1 aromatic rings. The Morgan fingerprint density at radius 1 is 1.40 bits per heavy atom. The lowest BCUT2D eigenvalue weighted by Crippen LogP contribution is -2.23.